The number of nitrogens with zero attached hydrogens (tertiary/aromatic N) is 2. The predicted octanol–water partition coefficient (Wildman–Crippen LogP) is 2.53. The zero-order chi connectivity index (χ0) is 17.0. The third-order valence-corrected chi connectivity index (χ3v) is 5.35. The molecule has 1 heterocycles. The number of aliphatic hydroxyl groups is 1. The fourth-order valence-electron chi connectivity index (χ4n) is 2.94. The summed E-state index contributed by atoms with van der Waals surface area (Å²) < 4.78 is 0. The molecule has 1 aromatic heterocycles. The first kappa shape index (κ1) is 17.9. The summed E-state index contributed by atoms with van der Waals surface area (Å²) in [4.78, 5) is 15.5. The van der Waals surface area contributed by atoms with Gasteiger partial charge in [-0.3, -0.25) is 9.69 Å². The third-order valence-electron chi connectivity index (χ3n) is 4.14. The van der Waals surface area contributed by atoms with Crippen LogP contribution in [0.15, 0.2) is 0 Å². The van der Waals surface area contributed by atoms with Gasteiger partial charge in [-0.2, -0.15) is 5.26 Å². The summed E-state index contributed by atoms with van der Waals surface area (Å²) >= 11 is 1.54. The van der Waals surface area contributed by atoms with Crippen LogP contribution in [0.3, 0.4) is 0 Å². The van der Waals surface area contributed by atoms with Crippen molar-refractivity contribution >= 4 is 22.2 Å². The van der Waals surface area contributed by atoms with E-state index in [1.54, 1.807) is 18.3 Å². The van der Waals surface area contributed by atoms with Gasteiger partial charge in [-0.15, -0.1) is 11.3 Å². The summed E-state index contributed by atoms with van der Waals surface area (Å²) in [6, 6.07) is 2.52. The van der Waals surface area contributed by atoms with Crippen molar-refractivity contribution in [3.05, 3.63) is 16.0 Å². The van der Waals surface area contributed by atoms with E-state index in [0.29, 0.717) is 30.1 Å². The van der Waals surface area contributed by atoms with Crippen molar-refractivity contribution in [1.29, 1.82) is 5.26 Å². The first-order valence-corrected chi connectivity index (χ1v) is 9.00. The molecule has 0 radical (unpaired) electrons. The van der Waals surface area contributed by atoms with Gasteiger partial charge in [0, 0.05) is 30.4 Å². The van der Waals surface area contributed by atoms with E-state index in [4.69, 9.17) is 0 Å². The molecule has 23 heavy (non-hydrogen) atoms. The molecule has 1 amide bonds. The van der Waals surface area contributed by atoms with Crippen molar-refractivity contribution in [3.63, 3.8) is 0 Å². The first-order chi connectivity index (χ1) is 10.9. The van der Waals surface area contributed by atoms with Gasteiger partial charge in [-0.1, -0.05) is 0 Å². The van der Waals surface area contributed by atoms with Gasteiger partial charge in [0.15, 0.2) is 0 Å². The Kier molecular flexibility index (Phi) is 6.17. The normalized spacial score (nSPS) is 14.8. The Morgan fingerprint density at radius 1 is 1.43 bits per heavy atom. The van der Waals surface area contributed by atoms with Crippen LogP contribution in [0.25, 0.3) is 0 Å². The molecule has 6 heteroatoms. The monoisotopic (exact) mass is 335 g/mol. The predicted molar refractivity (Wildman–Crippen MR) is 92.7 cm³/mol. The lowest BCUT2D eigenvalue weighted by Gasteiger charge is -2.27. The van der Waals surface area contributed by atoms with Crippen molar-refractivity contribution in [2.75, 3.05) is 18.4 Å². The molecule has 1 aliphatic carbocycles. The summed E-state index contributed by atoms with van der Waals surface area (Å²) in [5.41, 5.74) is 1.78. The minimum Gasteiger partial charge on any atom is -0.392 e. The fraction of sp³-hybridized carbons (Fsp3) is 0.647. The minimum absolute atomic E-state index is 0.0716. The van der Waals surface area contributed by atoms with Gasteiger partial charge >= 0.3 is 0 Å². The second kappa shape index (κ2) is 7.91. The van der Waals surface area contributed by atoms with Crippen LogP contribution in [0.4, 0.5) is 5.00 Å². The van der Waals surface area contributed by atoms with Gasteiger partial charge < -0.3 is 10.4 Å². The van der Waals surface area contributed by atoms with Gasteiger partial charge in [0.1, 0.15) is 11.1 Å². The zero-order valence-electron chi connectivity index (χ0n) is 14.1. The van der Waals surface area contributed by atoms with Gasteiger partial charge in [-0.25, -0.2) is 0 Å². The second-order valence-electron chi connectivity index (χ2n) is 6.41. The Labute approximate surface area is 141 Å². The molecule has 0 saturated heterocycles. The van der Waals surface area contributed by atoms with Gasteiger partial charge in [0.2, 0.25) is 5.91 Å². The Hall–Kier alpha value is -1.42. The summed E-state index contributed by atoms with van der Waals surface area (Å²) in [6.45, 7) is 7.01. The number of anilines is 1. The Morgan fingerprint density at radius 2 is 2.17 bits per heavy atom. The molecule has 0 aliphatic heterocycles. The molecule has 1 unspecified atom stereocenters. The number of thiophene rings is 1. The van der Waals surface area contributed by atoms with Crippen LogP contribution in [-0.2, 0) is 17.6 Å². The highest BCUT2D eigenvalue weighted by atomic mass is 32.1. The molecule has 126 valence electrons. The SMILES string of the molecule is CC(O)CN(CCC(=O)Nc1sc2c(c1C#N)CCC2)C(C)C. The lowest BCUT2D eigenvalue weighted by Crippen LogP contribution is -2.38. The number of nitrogens with one attached hydrogen (secondary N) is 1. The number of carbonyl (C=O) groups is 1. The zero-order valence-corrected chi connectivity index (χ0v) is 14.9. The lowest BCUT2D eigenvalue weighted by atomic mass is 10.1. The molecule has 2 N–H and O–H groups in total. The molecule has 2 rings (SSSR count). The van der Waals surface area contributed by atoms with Crippen molar-refractivity contribution in [2.24, 2.45) is 0 Å². The number of hydrogen-bond donors (Lipinski definition) is 2. The van der Waals surface area contributed by atoms with E-state index in [2.05, 4.69) is 30.1 Å². The molecule has 1 aromatic rings. The van der Waals surface area contributed by atoms with Crippen LogP contribution in [0.5, 0.6) is 0 Å². The highest BCUT2D eigenvalue weighted by Crippen LogP contribution is 2.38. The van der Waals surface area contributed by atoms with Crippen LogP contribution < -0.4 is 5.32 Å². The molecule has 0 fully saturated rings. The second-order valence-corrected chi connectivity index (χ2v) is 7.51. The highest BCUT2D eigenvalue weighted by Gasteiger charge is 2.23. The van der Waals surface area contributed by atoms with Crippen molar-refractivity contribution in [3.8, 4) is 6.07 Å². The summed E-state index contributed by atoms with van der Waals surface area (Å²) in [7, 11) is 0. The van der Waals surface area contributed by atoms with Crippen LogP contribution in [-0.4, -0.2) is 41.1 Å². The molecule has 0 bridgehead atoms. The van der Waals surface area contributed by atoms with E-state index in [9.17, 15) is 15.2 Å². The van der Waals surface area contributed by atoms with E-state index in [0.717, 1.165) is 24.8 Å². The van der Waals surface area contributed by atoms with E-state index < -0.39 is 6.10 Å². The number of rotatable bonds is 7. The van der Waals surface area contributed by atoms with E-state index in [-0.39, 0.29) is 11.9 Å². The number of nitriles is 1. The number of amides is 1. The molecule has 5 nitrogen and oxygen atoms in total. The average molecular weight is 335 g/mol. The topological polar surface area (TPSA) is 76.4 Å². The Balaban J connectivity index is 1.94. The summed E-state index contributed by atoms with van der Waals surface area (Å²) in [5.74, 6) is -0.0716. The first-order valence-electron chi connectivity index (χ1n) is 8.19. The molecule has 0 aromatic carbocycles. The Bertz CT molecular complexity index is 602. The van der Waals surface area contributed by atoms with Crippen molar-refractivity contribution < 1.29 is 9.90 Å². The maximum Gasteiger partial charge on any atom is 0.226 e. The van der Waals surface area contributed by atoms with Gasteiger partial charge in [-0.05, 0) is 45.6 Å². The molecule has 1 aliphatic rings. The van der Waals surface area contributed by atoms with Crippen LogP contribution >= 0.6 is 11.3 Å². The van der Waals surface area contributed by atoms with E-state index >= 15 is 0 Å². The van der Waals surface area contributed by atoms with Crippen molar-refractivity contribution in [1.82, 2.24) is 4.90 Å². The van der Waals surface area contributed by atoms with Gasteiger partial charge in [0.05, 0.1) is 11.7 Å². The maximum absolute atomic E-state index is 12.2. The molecular weight excluding hydrogens is 310 g/mol. The number of fused-ring (bicyclic) bond motifs is 1. The molecule has 0 saturated carbocycles. The Morgan fingerprint density at radius 3 is 2.78 bits per heavy atom. The van der Waals surface area contributed by atoms with E-state index in [1.807, 2.05) is 0 Å². The number of carbonyl (C=O) groups excluding carboxylic acids is 1. The quantitative estimate of drug-likeness (QED) is 0.803. The number of aryl methyl sites for hydroxylation is 1. The average Bonchev–Trinajstić information content (AvgIpc) is 3.02. The minimum atomic E-state index is -0.411. The number of hydrogen-bond acceptors (Lipinski definition) is 5. The highest BCUT2D eigenvalue weighted by molar-refractivity contribution is 7.16. The number of aliphatic hydroxyl groups excluding tert-OH is 1. The molecule has 0 spiro atoms. The van der Waals surface area contributed by atoms with Crippen LogP contribution in [0.1, 0.15) is 49.6 Å². The largest absolute Gasteiger partial charge is 0.392 e. The summed E-state index contributed by atoms with van der Waals surface area (Å²) in [5, 5.41) is 22.5. The summed E-state index contributed by atoms with van der Waals surface area (Å²) in [6.07, 6.45) is 3.01. The standard InChI is InChI=1S/C17H25N3O2S/c1-11(2)20(10-12(3)21)8-7-16(22)19-17-14(9-18)13-5-4-6-15(13)23-17/h11-12,21H,4-8,10H2,1-3H3,(H,19,22). The third kappa shape index (κ3) is 4.54. The lowest BCUT2D eigenvalue weighted by molar-refractivity contribution is -0.116. The molecule has 1 atom stereocenters. The molecular formula is C17H25N3O2S. The van der Waals surface area contributed by atoms with Crippen LogP contribution in [0.2, 0.25) is 0 Å². The van der Waals surface area contributed by atoms with Crippen LogP contribution in [0, 0.1) is 11.3 Å². The van der Waals surface area contributed by atoms with Crippen molar-refractivity contribution in [2.45, 2.75) is 58.6 Å². The fourth-order valence-corrected chi connectivity index (χ4v) is 4.20. The smallest absolute Gasteiger partial charge is 0.226 e. The van der Waals surface area contributed by atoms with E-state index in [1.165, 1.54) is 4.88 Å². The van der Waals surface area contributed by atoms with Gasteiger partial charge in [0.25, 0.3) is 0 Å². The maximum atomic E-state index is 12.2.